The van der Waals surface area contributed by atoms with Crippen LogP contribution in [0, 0.1) is 13.8 Å². The molecule has 134 valence electrons. The molecule has 6 heteroatoms. The summed E-state index contributed by atoms with van der Waals surface area (Å²) in [6.07, 6.45) is 0.657. The second-order valence-electron chi connectivity index (χ2n) is 7.13. The van der Waals surface area contributed by atoms with Gasteiger partial charge in [0.2, 0.25) is 0 Å². The van der Waals surface area contributed by atoms with Crippen LogP contribution in [-0.2, 0) is 14.6 Å². The van der Waals surface area contributed by atoms with Gasteiger partial charge in [-0.2, -0.15) is 5.10 Å². The lowest BCUT2D eigenvalue weighted by Crippen LogP contribution is -2.22. The Morgan fingerprint density at radius 1 is 1.28 bits per heavy atom. The van der Waals surface area contributed by atoms with Gasteiger partial charge in [-0.25, -0.2) is 13.4 Å². The van der Waals surface area contributed by atoms with Crippen LogP contribution in [0.15, 0.2) is 21.6 Å². The highest BCUT2D eigenvalue weighted by Gasteiger charge is 2.34. The third-order valence-electron chi connectivity index (χ3n) is 5.35. The quantitative estimate of drug-likeness (QED) is 0.722. The molecule has 0 spiro atoms. The van der Waals surface area contributed by atoms with Gasteiger partial charge < -0.3 is 0 Å². The molecule has 0 saturated carbocycles. The molecule has 3 rings (SSSR count). The van der Waals surface area contributed by atoms with Gasteiger partial charge in [0.05, 0.1) is 21.9 Å². The summed E-state index contributed by atoms with van der Waals surface area (Å²) in [6, 6.07) is 2.02. The minimum Gasteiger partial charge on any atom is -0.267 e. The average Bonchev–Trinajstić information content (AvgIpc) is 2.77. The Balaban J connectivity index is 2.33. The van der Waals surface area contributed by atoms with Crippen molar-refractivity contribution in [1.82, 2.24) is 5.01 Å². The first kappa shape index (κ1) is 17.9. The smallest absolute Gasteiger partial charge is 0.267 e. The van der Waals surface area contributed by atoms with E-state index < -0.39 is 9.84 Å². The summed E-state index contributed by atoms with van der Waals surface area (Å²) in [4.78, 5) is 12.9. The molecule has 25 heavy (non-hydrogen) atoms. The van der Waals surface area contributed by atoms with Crippen LogP contribution >= 0.6 is 0 Å². The maximum Gasteiger partial charge on any atom is 0.275 e. The van der Waals surface area contributed by atoms with E-state index in [0.29, 0.717) is 22.6 Å². The second kappa shape index (κ2) is 5.80. The van der Waals surface area contributed by atoms with Crippen molar-refractivity contribution in [2.45, 2.75) is 51.9 Å². The van der Waals surface area contributed by atoms with E-state index in [1.54, 1.807) is 14.0 Å². The van der Waals surface area contributed by atoms with E-state index in [1.165, 1.54) is 5.01 Å². The molecule has 0 aromatic heterocycles. The number of sulfone groups is 1. The summed E-state index contributed by atoms with van der Waals surface area (Å²) in [5.74, 6) is 0.255. The number of hydrazone groups is 1. The van der Waals surface area contributed by atoms with Gasteiger partial charge in [0.1, 0.15) is 0 Å². The van der Waals surface area contributed by atoms with Crippen LogP contribution in [0.1, 0.15) is 55.4 Å². The third-order valence-corrected chi connectivity index (χ3v) is 7.27. The molecule has 2 aliphatic rings. The number of amides is 1. The minimum atomic E-state index is -3.29. The van der Waals surface area contributed by atoms with Crippen molar-refractivity contribution < 1.29 is 13.2 Å². The molecule has 0 bridgehead atoms. The topological polar surface area (TPSA) is 66.8 Å². The number of fused-ring (bicyclic) bond motifs is 1. The van der Waals surface area contributed by atoms with Crippen LogP contribution in [0.3, 0.4) is 0 Å². The number of carbonyl (C=O) groups excluding carboxylic acids is 1. The summed E-state index contributed by atoms with van der Waals surface area (Å²) in [5.41, 5.74) is 5.48. The molecule has 2 aliphatic heterocycles. The van der Waals surface area contributed by atoms with Gasteiger partial charge >= 0.3 is 0 Å². The Labute approximate surface area is 149 Å². The van der Waals surface area contributed by atoms with Gasteiger partial charge in [-0.05, 0) is 67.9 Å². The normalized spacial score (nSPS) is 24.2. The zero-order valence-corrected chi connectivity index (χ0v) is 16.4. The van der Waals surface area contributed by atoms with Crippen molar-refractivity contribution in [3.05, 3.63) is 33.9 Å². The zero-order chi connectivity index (χ0) is 18.7. The number of nitrogens with zero attached hydrogens (tertiary/aromatic N) is 2. The Morgan fingerprint density at radius 2 is 1.92 bits per heavy atom. The largest absolute Gasteiger partial charge is 0.275 e. The summed E-state index contributed by atoms with van der Waals surface area (Å²) in [6.45, 7) is 9.57. The molecular weight excluding hydrogens is 336 g/mol. The second-order valence-corrected chi connectivity index (χ2v) is 9.18. The van der Waals surface area contributed by atoms with Crippen LogP contribution in [0.5, 0.6) is 0 Å². The van der Waals surface area contributed by atoms with Crippen molar-refractivity contribution in [3.63, 3.8) is 0 Å². The maximum absolute atomic E-state index is 12.8. The van der Waals surface area contributed by atoms with Gasteiger partial charge in [-0.15, -0.1) is 0 Å². The Morgan fingerprint density at radius 3 is 2.48 bits per heavy atom. The molecule has 0 radical (unpaired) electrons. The van der Waals surface area contributed by atoms with Crippen molar-refractivity contribution in [1.29, 1.82) is 0 Å². The fourth-order valence-corrected chi connectivity index (χ4v) is 6.23. The van der Waals surface area contributed by atoms with Crippen molar-refractivity contribution in [2.24, 2.45) is 5.10 Å². The molecule has 0 N–H and O–H groups in total. The van der Waals surface area contributed by atoms with E-state index >= 15 is 0 Å². The van der Waals surface area contributed by atoms with Crippen LogP contribution in [-0.4, -0.2) is 37.8 Å². The number of hydrogen-bond donors (Lipinski definition) is 0. The molecule has 1 atom stereocenters. The molecular formula is C19H24N2O3S. The number of allylic oxidation sites excluding steroid dienone is 1. The SMILES string of the molecule is CC1=NN(C)C(=O)/C1=C(/C)c1cc(C)c2c(c1C)S(=O)(=O)CCC2C. The fraction of sp³-hybridized carbons (Fsp3) is 0.474. The Kier molecular flexibility index (Phi) is 4.14. The van der Waals surface area contributed by atoms with Crippen LogP contribution in [0.2, 0.25) is 0 Å². The van der Waals surface area contributed by atoms with Gasteiger partial charge in [0.15, 0.2) is 9.84 Å². The predicted molar refractivity (Wildman–Crippen MR) is 99.5 cm³/mol. The minimum absolute atomic E-state index is 0.152. The Bertz CT molecular complexity index is 955. The lowest BCUT2D eigenvalue weighted by atomic mass is 9.86. The van der Waals surface area contributed by atoms with Crippen molar-refractivity contribution in [2.75, 3.05) is 12.8 Å². The van der Waals surface area contributed by atoms with E-state index in [0.717, 1.165) is 27.8 Å². The summed E-state index contributed by atoms with van der Waals surface area (Å²) >= 11 is 0. The van der Waals surface area contributed by atoms with E-state index in [9.17, 15) is 13.2 Å². The number of hydrogen-bond acceptors (Lipinski definition) is 4. The molecule has 5 nitrogen and oxygen atoms in total. The van der Waals surface area contributed by atoms with E-state index in [-0.39, 0.29) is 17.6 Å². The maximum atomic E-state index is 12.8. The lowest BCUT2D eigenvalue weighted by molar-refractivity contribution is -0.124. The molecule has 2 heterocycles. The average molecular weight is 360 g/mol. The summed E-state index contributed by atoms with van der Waals surface area (Å²) in [7, 11) is -1.67. The number of likely N-dealkylation sites (N-methyl/N-ethyl adjacent to an activating group) is 1. The van der Waals surface area contributed by atoms with Gasteiger partial charge in [-0.3, -0.25) is 4.79 Å². The fourth-order valence-electron chi connectivity index (χ4n) is 4.09. The Hall–Kier alpha value is -1.95. The molecule has 0 saturated heterocycles. The highest BCUT2D eigenvalue weighted by molar-refractivity contribution is 7.91. The molecule has 1 amide bonds. The first-order valence-corrected chi connectivity index (χ1v) is 10.1. The zero-order valence-electron chi connectivity index (χ0n) is 15.6. The molecule has 0 fully saturated rings. The van der Waals surface area contributed by atoms with Gasteiger partial charge in [0, 0.05) is 7.05 Å². The highest BCUT2D eigenvalue weighted by atomic mass is 32.2. The number of benzene rings is 1. The van der Waals surface area contributed by atoms with E-state index in [4.69, 9.17) is 0 Å². The lowest BCUT2D eigenvalue weighted by Gasteiger charge is -2.28. The first-order chi connectivity index (χ1) is 11.6. The van der Waals surface area contributed by atoms with Gasteiger partial charge in [-0.1, -0.05) is 13.0 Å². The number of carbonyl (C=O) groups is 1. The molecule has 1 aromatic carbocycles. The van der Waals surface area contributed by atoms with E-state index in [2.05, 4.69) is 12.0 Å². The van der Waals surface area contributed by atoms with E-state index in [1.807, 2.05) is 26.8 Å². The van der Waals surface area contributed by atoms with Crippen molar-refractivity contribution >= 4 is 27.0 Å². The van der Waals surface area contributed by atoms with Crippen LogP contribution < -0.4 is 0 Å². The number of aryl methyl sites for hydroxylation is 1. The summed E-state index contributed by atoms with van der Waals surface area (Å²) in [5, 5.41) is 5.53. The van der Waals surface area contributed by atoms with Crippen LogP contribution in [0.25, 0.3) is 5.57 Å². The standard InChI is InChI=1S/C19H24N2O3S/c1-10-7-8-25(23,24)18-13(4)15(9-11(2)16(10)18)12(3)17-14(5)20-21(6)19(17)22/h9-10H,7-8H2,1-6H3/b17-12-. The molecule has 1 aromatic rings. The number of rotatable bonds is 1. The molecule has 0 aliphatic carbocycles. The van der Waals surface area contributed by atoms with Gasteiger partial charge in [0.25, 0.3) is 5.91 Å². The first-order valence-electron chi connectivity index (χ1n) is 8.48. The monoisotopic (exact) mass is 360 g/mol. The van der Waals surface area contributed by atoms with Crippen molar-refractivity contribution in [3.8, 4) is 0 Å². The molecule has 1 unspecified atom stereocenters. The van der Waals surface area contributed by atoms with Crippen LogP contribution in [0.4, 0.5) is 0 Å². The third kappa shape index (κ3) is 2.63. The predicted octanol–water partition coefficient (Wildman–Crippen LogP) is 3.21. The highest BCUT2D eigenvalue weighted by Crippen LogP contribution is 2.41. The summed E-state index contributed by atoms with van der Waals surface area (Å²) < 4.78 is 25.5.